The number of amides is 1. The van der Waals surface area contributed by atoms with Crippen LogP contribution in [-0.2, 0) is 9.59 Å². The standard InChI is InChI=1S/C11H18N2O2/c1-3-6-12-11(15)9(2)13-7-4-5-10(14)8-13/h3,9H,1,4-8H2,2H3,(H,12,15). The average molecular weight is 210 g/mol. The number of ketones is 1. The maximum atomic E-state index is 11.6. The lowest BCUT2D eigenvalue weighted by atomic mass is 10.1. The Morgan fingerprint density at radius 3 is 3.07 bits per heavy atom. The van der Waals surface area contributed by atoms with Crippen molar-refractivity contribution >= 4 is 11.7 Å². The zero-order chi connectivity index (χ0) is 11.3. The van der Waals surface area contributed by atoms with Crippen LogP contribution in [0.3, 0.4) is 0 Å². The Kier molecular flexibility index (Phi) is 4.49. The first-order valence-electron chi connectivity index (χ1n) is 5.29. The third-order valence-electron chi connectivity index (χ3n) is 2.63. The normalized spacial score (nSPS) is 19.7. The van der Waals surface area contributed by atoms with Crippen molar-refractivity contribution in [2.75, 3.05) is 19.6 Å². The average Bonchev–Trinajstić information content (AvgIpc) is 2.24. The number of nitrogens with zero attached hydrogens (tertiary/aromatic N) is 1. The third kappa shape index (κ3) is 3.47. The molecule has 1 aliphatic heterocycles. The molecule has 1 N–H and O–H groups in total. The molecular weight excluding hydrogens is 192 g/mol. The van der Waals surface area contributed by atoms with Gasteiger partial charge in [0, 0.05) is 13.0 Å². The minimum Gasteiger partial charge on any atom is -0.351 e. The lowest BCUT2D eigenvalue weighted by Crippen LogP contribution is -2.49. The molecule has 1 fully saturated rings. The summed E-state index contributed by atoms with van der Waals surface area (Å²) in [7, 11) is 0. The van der Waals surface area contributed by atoms with Gasteiger partial charge in [0.05, 0.1) is 12.6 Å². The summed E-state index contributed by atoms with van der Waals surface area (Å²) in [5, 5.41) is 2.73. The zero-order valence-electron chi connectivity index (χ0n) is 9.16. The summed E-state index contributed by atoms with van der Waals surface area (Å²) in [4.78, 5) is 24.7. The predicted molar refractivity (Wildman–Crippen MR) is 58.5 cm³/mol. The first kappa shape index (κ1) is 11.9. The number of carbonyl (C=O) groups is 2. The summed E-state index contributed by atoms with van der Waals surface area (Å²) >= 11 is 0. The van der Waals surface area contributed by atoms with Crippen molar-refractivity contribution in [3.8, 4) is 0 Å². The van der Waals surface area contributed by atoms with Crippen LogP contribution >= 0.6 is 0 Å². The van der Waals surface area contributed by atoms with Gasteiger partial charge in [0.2, 0.25) is 5.91 Å². The minimum atomic E-state index is -0.228. The van der Waals surface area contributed by atoms with E-state index in [0.29, 0.717) is 19.5 Å². The van der Waals surface area contributed by atoms with Crippen molar-refractivity contribution in [3.05, 3.63) is 12.7 Å². The third-order valence-corrected chi connectivity index (χ3v) is 2.63. The van der Waals surface area contributed by atoms with Crippen LogP contribution in [0.5, 0.6) is 0 Å². The number of likely N-dealkylation sites (tertiary alicyclic amines) is 1. The SMILES string of the molecule is C=CCNC(=O)C(C)N1CCCC(=O)C1. The maximum absolute atomic E-state index is 11.6. The van der Waals surface area contributed by atoms with Crippen molar-refractivity contribution in [1.29, 1.82) is 0 Å². The maximum Gasteiger partial charge on any atom is 0.237 e. The lowest BCUT2D eigenvalue weighted by molar-refractivity contribution is -0.129. The van der Waals surface area contributed by atoms with Crippen LogP contribution in [0.15, 0.2) is 12.7 Å². The summed E-state index contributed by atoms with van der Waals surface area (Å²) in [6.07, 6.45) is 3.15. The van der Waals surface area contributed by atoms with Gasteiger partial charge in [-0.1, -0.05) is 6.08 Å². The van der Waals surface area contributed by atoms with Crippen LogP contribution < -0.4 is 5.32 Å². The number of Topliss-reactive ketones (excluding diaryl/α,β-unsaturated/α-hetero) is 1. The highest BCUT2D eigenvalue weighted by Crippen LogP contribution is 2.09. The summed E-state index contributed by atoms with van der Waals surface area (Å²) in [6.45, 7) is 7.07. The van der Waals surface area contributed by atoms with Crippen molar-refractivity contribution in [1.82, 2.24) is 10.2 Å². The Morgan fingerprint density at radius 1 is 1.73 bits per heavy atom. The van der Waals surface area contributed by atoms with Crippen LogP contribution in [0.1, 0.15) is 19.8 Å². The Hall–Kier alpha value is -1.16. The van der Waals surface area contributed by atoms with Gasteiger partial charge in [-0.3, -0.25) is 14.5 Å². The molecule has 15 heavy (non-hydrogen) atoms. The smallest absolute Gasteiger partial charge is 0.237 e. The number of rotatable bonds is 4. The molecule has 1 rings (SSSR count). The fourth-order valence-electron chi connectivity index (χ4n) is 1.68. The highest BCUT2D eigenvalue weighted by molar-refractivity contribution is 5.84. The molecule has 0 aliphatic carbocycles. The van der Waals surface area contributed by atoms with Gasteiger partial charge in [0.15, 0.2) is 0 Å². The van der Waals surface area contributed by atoms with Gasteiger partial charge in [0.25, 0.3) is 0 Å². The Balaban J connectivity index is 2.43. The summed E-state index contributed by atoms with van der Waals surface area (Å²) < 4.78 is 0. The van der Waals surface area contributed by atoms with Crippen LogP contribution in [-0.4, -0.2) is 42.3 Å². The fourth-order valence-corrected chi connectivity index (χ4v) is 1.68. The second kappa shape index (κ2) is 5.66. The van der Waals surface area contributed by atoms with Gasteiger partial charge < -0.3 is 5.32 Å². The first-order valence-corrected chi connectivity index (χ1v) is 5.29. The summed E-state index contributed by atoms with van der Waals surface area (Å²) in [5.41, 5.74) is 0. The monoisotopic (exact) mass is 210 g/mol. The van der Waals surface area contributed by atoms with Crippen LogP contribution in [0.2, 0.25) is 0 Å². The van der Waals surface area contributed by atoms with E-state index in [1.807, 2.05) is 11.8 Å². The Labute approximate surface area is 90.3 Å². The fraction of sp³-hybridized carbons (Fsp3) is 0.636. The molecule has 0 bridgehead atoms. The largest absolute Gasteiger partial charge is 0.351 e. The van der Waals surface area contributed by atoms with Crippen molar-refractivity contribution in [2.45, 2.75) is 25.8 Å². The van der Waals surface area contributed by atoms with E-state index in [4.69, 9.17) is 0 Å². The molecule has 0 spiro atoms. The van der Waals surface area contributed by atoms with Gasteiger partial charge in [-0.05, 0) is 19.9 Å². The molecule has 1 amide bonds. The van der Waals surface area contributed by atoms with E-state index in [-0.39, 0.29) is 17.7 Å². The van der Waals surface area contributed by atoms with E-state index in [1.165, 1.54) is 0 Å². The van der Waals surface area contributed by atoms with Crippen LogP contribution in [0.25, 0.3) is 0 Å². The number of hydrogen-bond donors (Lipinski definition) is 1. The van der Waals surface area contributed by atoms with E-state index in [2.05, 4.69) is 11.9 Å². The topological polar surface area (TPSA) is 49.4 Å². The molecular formula is C11H18N2O2. The Bertz CT molecular complexity index is 263. The van der Waals surface area contributed by atoms with E-state index in [9.17, 15) is 9.59 Å². The second-order valence-corrected chi connectivity index (χ2v) is 3.82. The van der Waals surface area contributed by atoms with E-state index in [0.717, 1.165) is 13.0 Å². The summed E-state index contributed by atoms with van der Waals surface area (Å²) in [6, 6.07) is -0.228. The minimum absolute atomic E-state index is 0.0374. The Morgan fingerprint density at radius 2 is 2.47 bits per heavy atom. The van der Waals surface area contributed by atoms with E-state index < -0.39 is 0 Å². The quantitative estimate of drug-likeness (QED) is 0.681. The van der Waals surface area contributed by atoms with Gasteiger partial charge in [-0.25, -0.2) is 0 Å². The molecule has 0 saturated carbocycles. The number of piperidine rings is 1. The molecule has 4 heteroatoms. The van der Waals surface area contributed by atoms with Gasteiger partial charge in [0.1, 0.15) is 5.78 Å². The van der Waals surface area contributed by atoms with Crippen molar-refractivity contribution < 1.29 is 9.59 Å². The zero-order valence-corrected chi connectivity index (χ0v) is 9.16. The van der Waals surface area contributed by atoms with E-state index >= 15 is 0 Å². The lowest BCUT2D eigenvalue weighted by Gasteiger charge is -2.30. The molecule has 0 radical (unpaired) electrons. The number of hydrogen-bond acceptors (Lipinski definition) is 3. The number of carbonyl (C=O) groups excluding carboxylic acids is 2. The van der Waals surface area contributed by atoms with E-state index in [1.54, 1.807) is 6.08 Å². The summed E-state index contributed by atoms with van der Waals surface area (Å²) in [5.74, 6) is 0.189. The number of nitrogens with one attached hydrogen (secondary N) is 1. The molecule has 1 saturated heterocycles. The second-order valence-electron chi connectivity index (χ2n) is 3.82. The highest BCUT2D eigenvalue weighted by atomic mass is 16.2. The molecule has 1 aliphatic rings. The van der Waals surface area contributed by atoms with Crippen LogP contribution in [0.4, 0.5) is 0 Å². The molecule has 84 valence electrons. The first-order chi connectivity index (χ1) is 7.15. The van der Waals surface area contributed by atoms with Crippen molar-refractivity contribution in [2.24, 2.45) is 0 Å². The van der Waals surface area contributed by atoms with Crippen LogP contribution in [0, 0.1) is 0 Å². The van der Waals surface area contributed by atoms with Crippen molar-refractivity contribution in [3.63, 3.8) is 0 Å². The van der Waals surface area contributed by atoms with Gasteiger partial charge in [-0.2, -0.15) is 0 Å². The molecule has 4 nitrogen and oxygen atoms in total. The molecule has 1 unspecified atom stereocenters. The molecule has 0 aromatic heterocycles. The molecule has 1 atom stereocenters. The molecule has 1 heterocycles. The molecule has 0 aromatic carbocycles. The molecule has 0 aromatic rings. The predicted octanol–water partition coefficient (Wildman–Crippen LogP) is 0.342. The van der Waals surface area contributed by atoms with Gasteiger partial charge in [-0.15, -0.1) is 6.58 Å². The highest BCUT2D eigenvalue weighted by Gasteiger charge is 2.25. The van der Waals surface area contributed by atoms with Gasteiger partial charge >= 0.3 is 0 Å².